The van der Waals surface area contributed by atoms with Gasteiger partial charge in [-0.05, 0) is 44.9 Å². The summed E-state index contributed by atoms with van der Waals surface area (Å²) >= 11 is 0. The fourth-order valence-corrected chi connectivity index (χ4v) is 4.02. The van der Waals surface area contributed by atoms with Crippen LogP contribution in [0.25, 0.3) is 6.08 Å². The molecule has 4 unspecified atom stereocenters. The first-order chi connectivity index (χ1) is 16.9. The summed E-state index contributed by atoms with van der Waals surface area (Å²) in [5.41, 5.74) is 0.171. The van der Waals surface area contributed by atoms with Crippen molar-refractivity contribution in [3.8, 4) is 11.5 Å². The van der Waals surface area contributed by atoms with Gasteiger partial charge < -0.3 is 28.4 Å². The minimum Gasteiger partial charge on any atom is -0.497 e. The van der Waals surface area contributed by atoms with Crippen LogP contribution in [0.15, 0.2) is 30.4 Å². The summed E-state index contributed by atoms with van der Waals surface area (Å²) in [4.78, 5) is 25.9. The number of esters is 1. The molecular formula is C25H29F3O8. The molecule has 4 atom stereocenters. The predicted molar refractivity (Wildman–Crippen MR) is 122 cm³/mol. The van der Waals surface area contributed by atoms with E-state index < -0.39 is 47.9 Å². The van der Waals surface area contributed by atoms with Crippen molar-refractivity contribution >= 4 is 17.8 Å². The molecule has 0 radical (unpaired) electrons. The number of ether oxygens (including phenoxy) is 6. The molecular weight excluding hydrogens is 485 g/mol. The van der Waals surface area contributed by atoms with Gasteiger partial charge in [-0.1, -0.05) is 18.2 Å². The highest BCUT2D eigenvalue weighted by Gasteiger charge is 2.46. The molecule has 2 aliphatic rings. The van der Waals surface area contributed by atoms with Crippen LogP contribution in [-0.4, -0.2) is 63.0 Å². The van der Waals surface area contributed by atoms with Crippen LogP contribution < -0.4 is 9.47 Å². The quantitative estimate of drug-likeness (QED) is 0.430. The van der Waals surface area contributed by atoms with E-state index in [0.29, 0.717) is 11.8 Å². The van der Waals surface area contributed by atoms with Gasteiger partial charge in [0.25, 0.3) is 0 Å². The maximum atomic E-state index is 13.9. The van der Waals surface area contributed by atoms with Gasteiger partial charge >= 0.3 is 12.1 Å². The number of cyclic esters (lactones) is 1. The maximum absolute atomic E-state index is 13.9. The van der Waals surface area contributed by atoms with Crippen LogP contribution in [0.2, 0.25) is 0 Å². The number of hydrogen-bond acceptors (Lipinski definition) is 8. The number of ketones is 1. The average molecular weight is 514 g/mol. The van der Waals surface area contributed by atoms with Gasteiger partial charge in [0.2, 0.25) is 0 Å². The van der Waals surface area contributed by atoms with E-state index in [2.05, 4.69) is 0 Å². The smallest absolute Gasteiger partial charge is 0.398 e. The Kier molecular flexibility index (Phi) is 8.48. The zero-order chi connectivity index (χ0) is 26.7. The molecule has 11 heteroatoms. The predicted octanol–water partition coefficient (Wildman–Crippen LogP) is 4.46. The van der Waals surface area contributed by atoms with E-state index in [-0.39, 0.29) is 30.1 Å². The number of carbonyl (C=O) groups is 2. The second kappa shape index (κ2) is 11.0. The lowest BCUT2D eigenvalue weighted by atomic mass is 9.98. The van der Waals surface area contributed by atoms with Crippen LogP contribution >= 0.6 is 0 Å². The second-order valence-electron chi connectivity index (χ2n) is 8.81. The average Bonchev–Trinajstić information content (AvgIpc) is 3.10. The van der Waals surface area contributed by atoms with Crippen molar-refractivity contribution in [3.63, 3.8) is 0 Å². The Hall–Kier alpha value is -2.89. The number of methoxy groups -OCH3 is 2. The number of fused-ring (bicyclic) bond motifs is 2. The number of hydrogen-bond donors (Lipinski definition) is 0. The van der Waals surface area contributed by atoms with Gasteiger partial charge in [0.1, 0.15) is 35.2 Å². The van der Waals surface area contributed by atoms with Gasteiger partial charge in [-0.2, -0.15) is 13.2 Å². The molecule has 0 spiro atoms. The number of benzene rings is 1. The van der Waals surface area contributed by atoms with Crippen LogP contribution in [0.3, 0.4) is 0 Å². The molecule has 0 saturated carbocycles. The lowest BCUT2D eigenvalue weighted by Gasteiger charge is -2.25. The molecule has 36 heavy (non-hydrogen) atoms. The molecule has 0 N–H and O–H groups in total. The van der Waals surface area contributed by atoms with E-state index in [1.54, 1.807) is 26.0 Å². The Morgan fingerprint density at radius 3 is 2.47 bits per heavy atom. The van der Waals surface area contributed by atoms with E-state index in [4.69, 9.17) is 28.4 Å². The third-order valence-electron chi connectivity index (χ3n) is 5.65. The van der Waals surface area contributed by atoms with Gasteiger partial charge in [-0.25, -0.2) is 4.79 Å². The normalized spacial score (nSPS) is 27.4. The van der Waals surface area contributed by atoms with Crippen LogP contribution in [-0.2, 0) is 23.7 Å². The summed E-state index contributed by atoms with van der Waals surface area (Å²) in [6, 6.07) is 2.93. The number of rotatable bonds is 4. The molecule has 198 valence electrons. The first-order valence-corrected chi connectivity index (χ1v) is 11.2. The Morgan fingerprint density at radius 1 is 1.11 bits per heavy atom. The van der Waals surface area contributed by atoms with Crippen LogP contribution in [0.4, 0.5) is 13.2 Å². The van der Waals surface area contributed by atoms with Gasteiger partial charge in [-0.15, -0.1) is 0 Å². The van der Waals surface area contributed by atoms with Crippen molar-refractivity contribution < 1.29 is 51.2 Å². The van der Waals surface area contributed by atoms with E-state index in [0.717, 1.165) is 13.0 Å². The molecule has 2 aliphatic heterocycles. The first kappa shape index (κ1) is 27.7. The van der Waals surface area contributed by atoms with E-state index in [9.17, 15) is 22.8 Å². The van der Waals surface area contributed by atoms with Crippen LogP contribution in [0.5, 0.6) is 11.5 Å². The number of carbonyl (C=O) groups excluding carboxylic acids is 2. The molecule has 1 saturated heterocycles. The molecule has 3 rings (SSSR count). The zero-order valence-electron chi connectivity index (χ0n) is 20.6. The maximum Gasteiger partial charge on any atom is 0.398 e. The van der Waals surface area contributed by atoms with Gasteiger partial charge in [0, 0.05) is 13.2 Å². The molecule has 0 amide bonds. The third-order valence-corrected chi connectivity index (χ3v) is 5.65. The van der Waals surface area contributed by atoms with Crippen molar-refractivity contribution in [1.82, 2.24) is 0 Å². The fourth-order valence-electron chi connectivity index (χ4n) is 4.02. The summed E-state index contributed by atoms with van der Waals surface area (Å²) in [6.07, 6.45) is -3.43. The topological polar surface area (TPSA) is 89.5 Å². The van der Waals surface area contributed by atoms with Crippen molar-refractivity contribution in [2.24, 2.45) is 5.92 Å². The standard InChI is InChI=1S/C25H29F3O8/c1-14-17(25(26,27)28)9-10-18(29)22-19(35-24(2,3)36-22)8-6-7-15-11-16(32-5)12-20(33-13-31-4)21(15)23(30)34-14/h6-7,9-12,14,17,19,22H,8,13H2,1-5H3/b7-6?,10-9-. The molecule has 0 bridgehead atoms. The Morgan fingerprint density at radius 2 is 1.83 bits per heavy atom. The SMILES string of the molecule is COCOc1cc(OC)cc2c1C(=O)OC(C)C(C(F)(F)F)/C=C\C(=O)C1OC(C)(C)OC1CC=C2. The molecule has 1 aromatic carbocycles. The van der Waals surface area contributed by atoms with Crippen LogP contribution in [0, 0.1) is 5.92 Å². The van der Waals surface area contributed by atoms with Crippen LogP contribution in [0.1, 0.15) is 43.1 Å². The summed E-state index contributed by atoms with van der Waals surface area (Å²) in [6.45, 7) is 4.10. The molecule has 1 fully saturated rings. The highest BCUT2D eigenvalue weighted by atomic mass is 19.4. The first-order valence-electron chi connectivity index (χ1n) is 11.2. The number of halogens is 3. The Bertz CT molecular complexity index is 1030. The van der Waals surface area contributed by atoms with E-state index in [1.807, 2.05) is 0 Å². The zero-order valence-corrected chi connectivity index (χ0v) is 20.6. The van der Waals surface area contributed by atoms with Crippen molar-refractivity contribution in [2.75, 3.05) is 21.0 Å². The van der Waals surface area contributed by atoms with Gasteiger partial charge in [0.15, 0.2) is 18.4 Å². The lowest BCUT2D eigenvalue weighted by molar-refractivity contribution is -0.182. The molecule has 0 aliphatic carbocycles. The van der Waals surface area contributed by atoms with E-state index >= 15 is 0 Å². The minimum absolute atomic E-state index is 0.00822. The number of alkyl halides is 3. The minimum atomic E-state index is -4.79. The highest BCUT2D eigenvalue weighted by molar-refractivity contribution is 5.97. The third kappa shape index (κ3) is 6.45. The van der Waals surface area contributed by atoms with Gasteiger partial charge in [-0.3, -0.25) is 4.79 Å². The summed E-state index contributed by atoms with van der Waals surface area (Å²) in [5.74, 6) is -4.74. The van der Waals surface area contributed by atoms with Crippen molar-refractivity contribution in [1.29, 1.82) is 0 Å². The molecule has 8 nitrogen and oxygen atoms in total. The van der Waals surface area contributed by atoms with Crippen molar-refractivity contribution in [3.05, 3.63) is 41.5 Å². The highest BCUT2D eigenvalue weighted by Crippen LogP contribution is 2.36. The van der Waals surface area contributed by atoms with Gasteiger partial charge in [0.05, 0.1) is 13.2 Å². The molecule has 2 heterocycles. The largest absolute Gasteiger partial charge is 0.497 e. The monoisotopic (exact) mass is 514 g/mol. The summed E-state index contributed by atoms with van der Waals surface area (Å²) in [7, 11) is 2.79. The Balaban J connectivity index is 2.14. The molecule has 0 aromatic heterocycles. The van der Waals surface area contributed by atoms with E-state index in [1.165, 1.54) is 26.4 Å². The molecule has 1 aromatic rings. The second-order valence-corrected chi connectivity index (χ2v) is 8.81. The lowest BCUT2D eigenvalue weighted by Crippen LogP contribution is -2.35. The Labute approximate surface area is 206 Å². The van der Waals surface area contributed by atoms with Crippen molar-refractivity contribution in [2.45, 2.75) is 57.5 Å². The summed E-state index contributed by atoms with van der Waals surface area (Å²) in [5, 5.41) is 0. The fraction of sp³-hybridized carbons (Fsp3) is 0.520. The summed E-state index contributed by atoms with van der Waals surface area (Å²) < 4.78 is 74.1.